The van der Waals surface area contributed by atoms with Crippen molar-refractivity contribution in [2.45, 2.75) is 11.4 Å². The normalized spacial score (nSPS) is 23.8. The van der Waals surface area contributed by atoms with Crippen LogP contribution in [-0.2, 0) is 14.3 Å². The van der Waals surface area contributed by atoms with Gasteiger partial charge in [-0.3, -0.25) is 9.69 Å². The number of fused-ring (bicyclic) bond motifs is 1. The van der Waals surface area contributed by atoms with E-state index in [0.717, 1.165) is 0 Å². The van der Waals surface area contributed by atoms with Gasteiger partial charge in [0.05, 0.1) is 0 Å². The van der Waals surface area contributed by atoms with E-state index in [9.17, 15) is 19.5 Å². The molecule has 0 aliphatic carbocycles. The maximum absolute atomic E-state index is 11.7. The first-order chi connectivity index (χ1) is 9.34. The van der Waals surface area contributed by atoms with Gasteiger partial charge in [0.25, 0.3) is 0 Å². The standard InChI is InChI=1S/C11H15N3O5S.ClH/c1-13(2)11(18)19-3-5-4-20-9-6(12)8(15)14(9)7(5)10(16)17;/h6,9H,3-4,12H2,1-2H3,(H,16,17);1H/t6?,9-;/m0./s1. The molecule has 2 atom stereocenters. The molecule has 0 aromatic heterocycles. The average Bonchev–Trinajstić information content (AvgIpc) is 2.42. The smallest absolute Gasteiger partial charge is 0.409 e. The Kier molecular flexibility index (Phi) is 5.48. The highest BCUT2D eigenvalue weighted by molar-refractivity contribution is 8.00. The van der Waals surface area contributed by atoms with Crippen LogP contribution in [0.1, 0.15) is 0 Å². The summed E-state index contributed by atoms with van der Waals surface area (Å²) in [6, 6.07) is -0.666. The van der Waals surface area contributed by atoms with Crippen molar-refractivity contribution in [2.24, 2.45) is 5.73 Å². The molecule has 2 heterocycles. The summed E-state index contributed by atoms with van der Waals surface area (Å²) < 4.78 is 4.98. The molecule has 2 aliphatic heterocycles. The predicted octanol–water partition coefficient (Wildman–Crippen LogP) is -0.312. The van der Waals surface area contributed by atoms with Crippen molar-refractivity contribution in [3.63, 3.8) is 0 Å². The van der Waals surface area contributed by atoms with Crippen LogP contribution in [-0.4, -0.2) is 70.7 Å². The van der Waals surface area contributed by atoms with Crippen molar-refractivity contribution in [1.29, 1.82) is 0 Å². The van der Waals surface area contributed by atoms with Gasteiger partial charge in [0.15, 0.2) is 0 Å². The van der Waals surface area contributed by atoms with Gasteiger partial charge in [-0.25, -0.2) is 9.59 Å². The highest BCUT2D eigenvalue weighted by atomic mass is 35.5. The highest BCUT2D eigenvalue weighted by Gasteiger charge is 2.51. The van der Waals surface area contributed by atoms with Crippen LogP contribution in [0, 0.1) is 0 Å². The Morgan fingerprint density at radius 1 is 1.52 bits per heavy atom. The minimum absolute atomic E-state index is 0. The lowest BCUT2D eigenvalue weighted by Crippen LogP contribution is -2.68. The molecule has 1 fully saturated rings. The van der Waals surface area contributed by atoms with Crippen LogP contribution >= 0.6 is 24.2 Å². The van der Waals surface area contributed by atoms with E-state index in [2.05, 4.69) is 0 Å². The summed E-state index contributed by atoms with van der Waals surface area (Å²) in [5.41, 5.74) is 5.91. The molecule has 0 bridgehead atoms. The molecule has 0 saturated carbocycles. The third-order valence-corrected chi connectivity index (χ3v) is 4.39. The van der Waals surface area contributed by atoms with E-state index in [-0.39, 0.29) is 30.1 Å². The Morgan fingerprint density at radius 2 is 2.14 bits per heavy atom. The van der Waals surface area contributed by atoms with E-state index in [4.69, 9.17) is 10.5 Å². The molecule has 21 heavy (non-hydrogen) atoms. The molecule has 3 N–H and O–H groups in total. The molecule has 2 rings (SSSR count). The lowest BCUT2D eigenvalue weighted by atomic mass is 10.0. The second kappa shape index (κ2) is 6.54. The monoisotopic (exact) mass is 337 g/mol. The number of thioether (sulfide) groups is 1. The first kappa shape index (κ1) is 17.6. The third-order valence-electron chi connectivity index (χ3n) is 3.03. The Morgan fingerprint density at radius 3 is 2.67 bits per heavy atom. The molecule has 10 heteroatoms. The number of hydrogen-bond donors (Lipinski definition) is 2. The third kappa shape index (κ3) is 3.09. The number of carboxylic acids is 1. The summed E-state index contributed by atoms with van der Waals surface area (Å²) in [5.74, 6) is -1.27. The van der Waals surface area contributed by atoms with Crippen LogP contribution in [0.4, 0.5) is 4.79 Å². The Hall–Kier alpha value is -1.45. The number of ether oxygens (including phenoxy) is 1. The molecule has 0 aromatic rings. The van der Waals surface area contributed by atoms with Gasteiger partial charge in [0.1, 0.15) is 23.7 Å². The van der Waals surface area contributed by atoms with Gasteiger partial charge in [-0.1, -0.05) is 0 Å². The molecule has 2 aliphatic rings. The lowest BCUT2D eigenvalue weighted by molar-refractivity contribution is -0.148. The number of nitrogens with two attached hydrogens (primary N) is 1. The number of amides is 2. The van der Waals surface area contributed by atoms with Crippen LogP contribution in [0.15, 0.2) is 11.3 Å². The minimum Gasteiger partial charge on any atom is -0.477 e. The summed E-state index contributed by atoms with van der Waals surface area (Å²) in [5, 5.41) is 8.91. The predicted molar refractivity (Wildman–Crippen MR) is 78.0 cm³/mol. The summed E-state index contributed by atoms with van der Waals surface area (Å²) in [7, 11) is 3.05. The summed E-state index contributed by atoms with van der Waals surface area (Å²) in [6.07, 6.45) is -0.569. The number of carbonyl (C=O) groups excluding carboxylic acids is 2. The molecule has 2 amide bonds. The van der Waals surface area contributed by atoms with E-state index in [1.54, 1.807) is 0 Å². The Balaban J connectivity index is 0.00000220. The van der Waals surface area contributed by atoms with Crippen LogP contribution in [0.2, 0.25) is 0 Å². The second-order valence-corrected chi connectivity index (χ2v) is 5.75. The summed E-state index contributed by atoms with van der Waals surface area (Å²) >= 11 is 1.37. The molecule has 0 radical (unpaired) electrons. The maximum Gasteiger partial charge on any atom is 0.409 e. The molecule has 0 spiro atoms. The van der Waals surface area contributed by atoms with Gasteiger partial charge < -0.3 is 20.5 Å². The number of nitrogens with zero attached hydrogens (tertiary/aromatic N) is 2. The Labute approximate surface area is 131 Å². The quantitative estimate of drug-likeness (QED) is 0.679. The van der Waals surface area contributed by atoms with Gasteiger partial charge in [-0.05, 0) is 0 Å². The number of carboxylic acid groups (broad SMARTS) is 1. The topological polar surface area (TPSA) is 113 Å². The zero-order valence-corrected chi connectivity index (χ0v) is 13.1. The van der Waals surface area contributed by atoms with Crippen molar-refractivity contribution >= 4 is 42.1 Å². The zero-order valence-electron chi connectivity index (χ0n) is 11.4. The SMILES string of the molecule is CN(C)C(=O)OCC1=C(C(=O)O)N2C(=O)C(N)[C@@H]2SC1.Cl. The van der Waals surface area contributed by atoms with Crippen LogP contribution in [0.5, 0.6) is 0 Å². The largest absolute Gasteiger partial charge is 0.477 e. The van der Waals surface area contributed by atoms with Gasteiger partial charge in [-0.15, -0.1) is 24.2 Å². The van der Waals surface area contributed by atoms with Gasteiger partial charge in [0, 0.05) is 25.4 Å². The van der Waals surface area contributed by atoms with Gasteiger partial charge in [0.2, 0.25) is 5.91 Å². The average molecular weight is 338 g/mol. The molecule has 1 saturated heterocycles. The van der Waals surface area contributed by atoms with E-state index in [0.29, 0.717) is 11.3 Å². The highest BCUT2D eigenvalue weighted by Crippen LogP contribution is 2.39. The minimum atomic E-state index is -1.22. The summed E-state index contributed by atoms with van der Waals surface area (Å²) in [6.45, 7) is -0.155. The van der Waals surface area contributed by atoms with Crippen molar-refractivity contribution < 1.29 is 24.2 Å². The van der Waals surface area contributed by atoms with Crippen LogP contribution in [0.3, 0.4) is 0 Å². The maximum atomic E-state index is 11.7. The van der Waals surface area contributed by atoms with E-state index in [1.807, 2.05) is 0 Å². The number of aliphatic carboxylic acids is 1. The van der Waals surface area contributed by atoms with Crippen molar-refractivity contribution in [1.82, 2.24) is 9.80 Å². The Bertz CT molecular complexity index is 510. The van der Waals surface area contributed by atoms with E-state index in [1.165, 1.54) is 35.7 Å². The molecule has 118 valence electrons. The first-order valence-corrected chi connectivity index (χ1v) is 6.89. The molecule has 1 unspecified atom stereocenters. The molecular weight excluding hydrogens is 322 g/mol. The van der Waals surface area contributed by atoms with E-state index < -0.39 is 24.0 Å². The first-order valence-electron chi connectivity index (χ1n) is 5.84. The molecule has 0 aromatic carbocycles. The van der Waals surface area contributed by atoms with Gasteiger partial charge in [-0.2, -0.15) is 0 Å². The fourth-order valence-corrected chi connectivity index (χ4v) is 3.24. The van der Waals surface area contributed by atoms with Crippen molar-refractivity contribution in [3.8, 4) is 0 Å². The zero-order chi connectivity index (χ0) is 15.0. The van der Waals surface area contributed by atoms with Crippen molar-refractivity contribution in [3.05, 3.63) is 11.3 Å². The number of halogens is 1. The lowest BCUT2D eigenvalue weighted by Gasteiger charge is -2.47. The molecular formula is C11H16ClN3O5S. The van der Waals surface area contributed by atoms with Crippen molar-refractivity contribution in [2.75, 3.05) is 26.5 Å². The summed E-state index contributed by atoms with van der Waals surface area (Å²) in [4.78, 5) is 36.8. The number of rotatable bonds is 3. The number of carbonyl (C=O) groups is 3. The fraction of sp³-hybridized carbons (Fsp3) is 0.545. The number of β-lactam (4-membered cyclic amide) rings is 1. The van der Waals surface area contributed by atoms with Crippen LogP contribution in [0.25, 0.3) is 0 Å². The second-order valence-electron chi connectivity index (χ2n) is 4.64. The fourth-order valence-electron chi connectivity index (χ4n) is 1.97. The molecule has 8 nitrogen and oxygen atoms in total. The number of hydrogen-bond acceptors (Lipinski definition) is 6. The van der Waals surface area contributed by atoms with Gasteiger partial charge >= 0.3 is 12.1 Å². The van der Waals surface area contributed by atoms with E-state index >= 15 is 0 Å². The van der Waals surface area contributed by atoms with Crippen LogP contribution < -0.4 is 5.73 Å².